The van der Waals surface area contributed by atoms with E-state index in [-0.39, 0.29) is 23.7 Å². The predicted molar refractivity (Wildman–Crippen MR) is 75.3 cm³/mol. The maximum Gasteiger partial charge on any atom is 0.306 e. The molecule has 2 amide bonds. The zero-order valence-electron chi connectivity index (χ0n) is 12.2. The molecule has 0 spiro atoms. The van der Waals surface area contributed by atoms with Crippen LogP contribution in [0.2, 0.25) is 0 Å². The molecule has 1 unspecified atom stereocenters. The number of likely N-dealkylation sites (tertiary alicyclic amines) is 2. The van der Waals surface area contributed by atoms with E-state index in [4.69, 9.17) is 10.8 Å². The van der Waals surface area contributed by atoms with Crippen LogP contribution in [0.4, 0.5) is 0 Å². The molecule has 7 heteroatoms. The first-order valence-electron chi connectivity index (χ1n) is 7.49. The molecule has 2 fully saturated rings. The van der Waals surface area contributed by atoms with Crippen molar-refractivity contribution in [3.05, 3.63) is 0 Å². The zero-order chi connectivity index (χ0) is 15.4. The van der Waals surface area contributed by atoms with Gasteiger partial charge in [0.05, 0.1) is 18.4 Å². The monoisotopic (exact) mass is 297 g/mol. The van der Waals surface area contributed by atoms with E-state index in [1.807, 2.05) is 4.90 Å². The Morgan fingerprint density at radius 2 is 1.71 bits per heavy atom. The Labute approximate surface area is 124 Å². The predicted octanol–water partition coefficient (Wildman–Crippen LogP) is -0.493. The molecule has 7 nitrogen and oxygen atoms in total. The SMILES string of the molecule is NC(=O)C1CCCN(C(=O)CN2CCC(C(=O)O)CC2)C1. The fourth-order valence-electron chi connectivity index (χ4n) is 3.07. The van der Waals surface area contributed by atoms with Crippen LogP contribution in [-0.2, 0) is 14.4 Å². The molecule has 2 heterocycles. The number of carbonyl (C=O) groups excluding carboxylic acids is 2. The number of carboxylic acid groups (broad SMARTS) is 1. The maximum atomic E-state index is 12.3. The highest BCUT2D eigenvalue weighted by molar-refractivity contribution is 5.81. The lowest BCUT2D eigenvalue weighted by molar-refractivity contribution is -0.143. The Balaban J connectivity index is 1.79. The molecule has 1 atom stereocenters. The van der Waals surface area contributed by atoms with Gasteiger partial charge in [0.15, 0.2) is 0 Å². The second-order valence-corrected chi connectivity index (χ2v) is 5.97. The number of amides is 2. The summed E-state index contributed by atoms with van der Waals surface area (Å²) >= 11 is 0. The van der Waals surface area contributed by atoms with Crippen molar-refractivity contribution >= 4 is 17.8 Å². The van der Waals surface area contributed by atoms with E-state index in [1.54, 1.807) is 4.90 Å². The van der Waals surface area contributed by atoms with Gasteiger partial charge < -0.3 is 15.7 Å². The van der Waals surface area contributed by atoms with Gasteiger partial charge in [-0.05, 0) is 38.8 Å². The van der Waals surface area contributed by atoms with E-state index in [9.17, 15) is 14.4 Å². The van der Waals surface area contributed by atoms with E-state index in [2.05, 4.69) is 0 Å². The summed E-state index contributed by atoms with van der Waals surface area (Å²) in [4.78, 5) is 38.1. The average Bonchev–Trinajstić information content (AvgIpc) is 2.48. The molecule has 3 N–H and O–H groups in total. The number of carboxylic acids is 1. The van der Waals surface area contributed by atoms with E-state index in [0.29, 0.717) is 45.6 Å². The second-order valence-electron chi connectivity index (χ2n) is 5.97. The van der Waals surface area contributed by atoms with Gasteiger partial charge in [0, 0.05) is 13.1 Å². The van der Waals surface area contributed by atoms with E-state index in [1.165, 1.54) is 0 Å². The van der Waals surface area contributed by atoms with Crippen LogP contribution in [0.5, 0.6) is 0 Å². The number of hydrogen-bond acceptors (Lipinski definition) is 4. The summed E-state index contributed by atoms with van der Waals surface area (Å²) in [5.41, 5.74) is 5.31. The summed E-state index contributed by atoms with van der Waals surface area (Å²) < 4.78 is 0. The van der Waals surface area contributed by atoms with Crippen LogP contribution in [0.1, 0.15) is 25.7 Å². The summed E-state index contributed by atoms with van der Waals surface area (Å²) in [7, 11) is 0. The van der Waals surface area contributed by atoms with Crippen LogP contribution in [0.15, 0.2) is 0 Å². The summed E-state index contributed by atoms with van der Waals surface area (Å²) in [6.45, 7) is 2.66. The van der Waals surface area contributed by atoms with Crippen molar-refractivity contribution in [3.63, 3.8) is 0 Å². The fourth-order valence-corrected chi connectivity index (χ4v) is 3.07. The first-order chi connectivity index (χ1) is 9.97. The summed E-state index contributed by atoms with van der Waals surface area (Å²) in [6, 6.07) is 0. The number of hydrogen-bond donors (Lipinski definition) is 2. The Bertz CT molecular complexity index is 418. The van der Waals surface area contributed by atoms with Crippen LogP contribution in [0, 0.1) is 11.8 Å². The minimum atomic E-state index is -0.749. The highest BCUT2D eigenvalue weighted by Gasteiger charge is 2.29. The number of nitrogens with zero attached hydrogens (tertiary/aromatic N) is 2. The number of rotatable bonds is 4. The topological polar surface area (TPSA) is 104 Å². The van der Waals surface area contributed by atoms with Gasteiger partial charge in [-0.3, -0.25) is 19.3 Å². The van der Waals surface area contributed by atoms with Crippen LogP contribution in [0.3, 0.4) is 0 Å². The third kappa shape index (κ3) is 4.17. The molecule has 0 saturated carbocycles. The molecule has 0 radical (unpaired) electrons. The van der Waals surface area contributed by atoms with Gasteiger partial charge in [-0.25, -0.2) is 0 Å². The van der Waals surface area contributed by atoms with Crippen molar-refractivity contribution in [1.82, 2.24) is 9.80 Å². The Hall–Kier alpha value is -1.63. The van der Waals surface area contributed by atoms with Crippen molar-refractivity contribution in [2.45, 2.75) is 25.7 Å². The van der Waals surface area contributed by atoms with Crippen LogP contribution >= 0.6 is 0 Å². The van der Waals surface area contributed by atoms with Crippen LogP contribution < -0.4 is 5.73 Å². The number of piperidine rings is 2. The van der Waals surface area contributed by atoms with Crippen molar-refractivity contribution in [1.29, 1.82) is 0 Å². The fraction of sp³-hybridized carbons (Fsp3) is 0.786. The summed E-state index contributed by atoms with van der Waals surface area (Å²) in [5, 5.41) is 8.95. The van der Waals surface area contributed by atoms with Gasteiger partial charge in [0.1, 0.15) is 0 Å². The molecule has 0 aromatic rings. The maximum absolute atomic E-state index is 12.3. The van der Waals surface area contributed by atoms with Crippen molar-refractivity contribution in [2.75, 3.05) is 32.7 Å². The number of nitrogens with two attached hydrogens (primary N) is 1. The third-order valence-electron chi connectivity index (χ3n) is 4.47. The Morgan fingerprint density at radius 3 is 2.29 bits per heavy atom. The number of primary amides is 1. The lowest BCUT2D eigenvalue weighted by atomic mass is 9.96. The van der Waals surface area contributed by atoms with Crippen molar-refractivity contribution < 1.29 is 19.5 Å². The largest absolute Gasteiger partial charge is 0.481 e. The Morgan fingerprint density at radius 1 is 1.05 bits per heavy atom. The first-order valence-corrected chi connectivity index (χ1v) is 7.49. The lowest BCUT2D eigenvalue weighted by Gasteiger charge is -2.34. The van der Waals surface area contributed by atoms with E-state index < -0.39 is 5.97 Å². The summed E-state index contributed by atoms with van der Waals surface area (Å²) in [6.07, 6.45) is 2.74. The molecule has 118 valence electrons. The third-order valence-corrected chi connectivity index (χ3v) is 4.47. The molecule has 2 aliphatic rings. The standard InChI is InChI=1S/C14H23N3O4/c15-13(19)11-2-1-5-17(8-11)12(18)9-16-6-3-10(4-7-16)14(20)21/h10-11H,1-9H2,(H2,15,19)(H,20,21). The average molecular weight is 297 g/mol. The molecule has 0 aromatic carbocycles. The van der Waals surface area contributed by atoms with Crippen LogP contribution in [0.25, 0.3) is 0 Å². The smallest absolute Gasteiger partial charge is 0.306 e. The lowest BCUT2D eigenvalue weighted by Crippen LogP contribution is -2.49. The summed E-state index contributed by atoms with van der Waals surface area (Å²) in [5.74, 6) is -1.60. The molecule has 0 aliphatic carbocycles. The second kappa shape index (κ2) is 6.89. The molecule has 0 aromatic heterocycles. The zero-order valence-corrected chi connectivity index (χ0v) is 12.2. The molecule has 0 bridgehead atoms. The normalized spacial score (nSPS) is 24.8. The molecule has 2 rings (SSSR count). The van der Waals surface area contributed by atoms with Gasteiger partial charge in [-0.2, -0.15) is 0 Å². The van der Waals surface area contributed by atoms with Gasteiger partial charge >= 0.3 is 5.97 Å². The van der Waals surface area contributed by atoms with Crippen molar-refractivity contribution in [2.24, 2.45) is 17.6 Å². The van der Waals surface area contributed by atoms with Gasteiger partial charge in [0.25, 0.3) is 0 Å². The minimum absolute atomic E-state index is 0.00900. The van der Waals surface area contributed by atoms with Gasteiger partial charge in [0.2, 0.25) is 11.8 Å². The minimum Gasteiger partial charge on any atom is -0.481 e. The number of carbonyl (C=O) groups is 3. The molecule has 2 aliphatic heterocycles. The van der Waals surface area contributed by atoms with Crippen molar-refractivity contribution in [3.8, 4) is 0 Å². The molecular formula is C14H23N3O4. The molecule has 2 saturated heterocycles. The van der Waals surface area contributed by atoms with Gasteiger partial charge in [-0.1, -0.05) is 0 Å². The quantitative estimate of drug-likeness (QED) is 0.728. The van der Waals surface area contributed by atoms with E-state index >= 15 is 0 Å². The first kappa shape index (κ1) is 15.8. The van der Waals surface area contributed by atoms with Crippen LogP contribution in [-0.4, -0.2) is 65.4 Å². The number of aliphatic carboxylic acids is 1. The van der Waals surface area contributed by atoms with Gasteiger partial charge in [-0.15, -0.1) is 0 Å². The van der Waals surface area contributed by atoms with E-state index in [0.717, 1.165) is 12.8 Å². The Kier molecular flexibility index (Phi) is 5.17. The highest BCUT2D eigenvalue weighted by Crippen LogP contribution is 2.19. The highest BCUT2D eigenvalue weighted by atomic mass is 16.4. The molecule has 21 heavy (non-hydrogen) atoms. The molecular weight excluding hydrogens is 274 g/mol.